The molecule has 0 spiro atoms. The summed E-state index contributed by atoms with van der Waals surface area (Å²) in [6, 6.07) is 24.0. The fraction of sp³-hybridized carbons (Fsp3) is 0.167. The summed E-state index contributed by atoms with van der Waals surface area (Å²) in [6.45, 7) is 3.70. The highest BCUT2D eigenvalue weighted by molar-refractivity contribution is 6.04. The molecule has 3 aromatic carbocycles. The molecule has 0 aliphatic carbocycles. The number of nitrogens with one attached hydrogen (secondary N) is 2. The van der Waals surface area contributed by atoms with Gasteiger partial charge in [-0.25, -0.2) is 0 Å². The molecule has 2 N–H and O–H groups in total. The van der Waals surface area contributed by atoms with Crippen molar-refractivity contribution in [3.63, 3.8) is 0 Å². The highest BCUT2D eigenvalue weighted by Gasteiger charge is 2.16. The van der Waals surface area contributed by atoms with Crippen molar-refractivity contribution in [3.8, 4) is 5.75 Å². The van der Waals surface area contributed by atoms with E-state index in [2.05, 4.69) is 10.6 Å². The Kier molecular flexibility index (Phi) is 6.63. The van der Waals surface area contributed by atoms with Crippen LogP contribution < -0.4 is 15.4 Å². The molecule has 0 saturated carbocycles. The van der Waals surface area contributed by atoms with Gasteiger partial charge in [0.15, 0.2) is 6.61 Å². The molecule has 0 unspecified atom stereocenters. The minimum atomic E-state index is -0.329. The second-order valence-corrected chi connectivity index (χ2v) is 6.75. The van der Waals surface area contributed by atoms with Crippen LogP contribution in [-0.2, 0) is 4.79 Å². The van der Waals surface area contributed by atoms with Crippen LogP contribution >= 0.6 is 0 Å². The first-order valence-electron chi connectivity index (χ1n) is 9.47. The van der Waals surface area contributed by atoms with E-state index in [9.17, 15) is 9.59 Å². The molecule has 0 aliphatic heterocycles. The van der Waals surface area contributed by atoms with Crippen LogP contribution in [0.25, 0.3) is 0 Å². The van der Waals surface area contributed by atoms with E-state index in [-0.39, 0.29) is 24.5 Å². The normalized spacial score (nSPS) is 11.4. The van der Waals surface area contributed by atoms with E-state index in [0.717, 1.165) is 11.1 Å². The monoisotopic (exact) mass is 388 g/mol. The highest BCUT2D eigenvalue weighted by atomic mass is 16.5. The van der Waals surface area contributed by atoms with Gasteiger partial charge in [0, 0.05) is 0 Å². The lowest BCUT2D eigenvalue weighted by atomic mass is 10.1. The first-order valence-corrected chi connectivity index (χ1v) is 9.47. The van der Waals surface area contributed by atoms with Crippen molar-refractivity contribution in [1.29, 1.82) is 0 Å². The predicted octanol–water partition coefficient (Wildman–Crippen LogP) is 4.50. The van der Waals surface area contributed by atoms with Crippen molar-refractivity contribution in [2.75, 3.05) is 11.9 Å². The fourth-order valence-corrected chi connectivity index (χ4v) is 2.94. The van der Waals surface area contributed by atoms with Crippen LogP contribution in [0.4, 0.5) is 5.69 Å². The van der Waals surface area contributed by atoms with Crippen LogP contribution in [0.5, 0.6) is 5.75 Å². The molecule has 0 bridgehead atoms. The molecule has 5 nitrogen and oxygen atoms in total. The maximum atomic E-state index is 12.8. The molecule has 0 aliphatic rings. The summed E-state index contributed by atoms with van der Waals surface area (Å²) in [5.41, 5.74) is 2.81. The summed E-state index contributed by atoms with van der Waals surface area (Å²) in [7, 11) is 0. The Morgan fingerprint density at radius 2 is 1.55 bits per heavy atom. The largest absolute Gasteiger partial charge is 0.483 e. The summed E-state index contributed by atoms with van der Waals surface area (Å²) >= 11 is 0. The molecule has 1 atom stereocenters. The highest BCUT2D eigenvalue weighted by Crippen LogP contribution is 2.19. The third-order valence-electron chi connectivity index (χ3n) is 4.55. The summed E-state index contributed by atoms with van der Waals surface area (Å²) in [5.74, 6) is 0.0760. The molecule has 148 valence electrons. The first kappa shape index (κ1) is 20.1. The summed E-state index contributed by atoms with van der Waals surface area (Å²) in [5, 5.41) is 5.74. The van der Waals surface area contributed by atoms with Gasteiger partial charge in [0.25, 0.3) is 11.8 Å². The summed E-state index contributed by atoms with van der Waals surface area (Å²) < 4.78 is 5.58. The van der Waals surface area contributed by atoms with Crippen LogP contribution in [-0.4, -0.2) is 18.4 Å². The SMILES string of the molecule is Cc1ccccc1OCC(=O)Nc1ccccc1C(=O)N[C@@H](C)c1ccccc1. The number of carbonyl (C=O) groups excluding carboxylic acids is 2. The molecular formula is C24H24N2O3. The van der Waals surface area contributed by atoms with Crippen molar-refractivity contribution >= 4 is 17.5 Å². The van der Waals surface area contributed by atoms with Gasteiger partial charge in [-0.05, 0) is 43.2 Å². The lowest BCUT2D eigenvalue weighted by molar-refractivity contribution is -0.118. The predicted molar refractivity (Wildman–Crippen MR) is 114 cm³/mol. The molecule has 3 aromatic rings. The first-order chi connectivity index (χ1) is 14.0. The molecule has 0 saturated heterocycles. The van der Waals surface area contributed by atoms with E-state index in [1.165, 1.54) is 0 Å². The second kappa shape index (κ2) is 9.55. The van der Waals surface area contributed by atoms with Gasteiger partial charge >= 0.3 is 0 Å². The maximum absolute atomic E-state index is 12.8. The molecule has 0 fully saturated rings. The second-order valence-electron chi connectivity index (χ2n) is 6.75. The van der Waals surface area contributed by atoms with Gasteiger partial charge in [-0.15, -0.1) is 0 Å². The zero-order valence-corrected chi connectivity index (χ0v) is 16.5. The van der Waals surface area contributed by atoms with Crippen molar-refractivity contribution in [2.24, 2.45) is 0 Å². The standard InChI is InChI=1S/C24H24N2O3/c1-17-10-6-9-15-22(17)29-16-23(27)26-21-14-8-7-13-20(21)24(28)25-18(2)19-11-4-3-5-12-19/h3-15,18H,16H2,1-2H3,(H,25,28)(H,26,27)/t18-/m0/s1. The zero-order chi connectivity index (χ0) is 20.6. The van der Waals surface area contributed by atoms with E-state index >= 15 is 0 Å². The molecule has 5 heteroatoms. The number of hydrogen-bond acceptors (Lipinski definition) is 3. The zero-order valence-electron chi connectivity index (χ0n) is 16.5. The van der Waals surface area contributed by atoms with Crippen LogP contribution in [0, 0.1) is 6.92 Å². The summed E-state index contributed by atoms with van der Waals surface area (Å²) in [4.78, 5) is 25.1. The number of ether oxygens (including phenoxy) is 1. The Morgan fingerprint density at radius 1 is 0.897 bits per heavy atom. The summed E-state index contributed by atoms with van der Waals surface area (Å²) in [6.07, 6.45) is 0. The number of carbonyl (C=O) groups is 2. The van der Waals surface area contributed by atoms with Crippen molar-refractivity contribution in [2.45, 2.75) is 19.9 Å². The third kappa shape index (κ3) is 5.45. The lowest BCUT2D eigenvalue weighted by Gasteiger charge is -2.16. The number of para-hydroxylation sites is 2. The van der Waals surface area contributed by atoms with Crippen LogP contribution in [0.2, 0.25) is 0 Å². The lowest BCUT2D eigenvalue weighted by Crippen LogP contribution is -2.28. The van der Waals surface area contributed by atoms with Crippen LogP contribution in [0.1, 0.15) is 34.5 Å². The number of aryl methyl sites for hydroxylation is 1. The Hall–Kier alpha value is -3.60. The Bertz CT molecular complexity index is 986. The smallest absolute Gasteiger partial charge is 0.262 e. The van der Waals surface area contributed by atoms with E-state index in [1.54, 1.807) is 24.3 Å². The number of amides is 2. The van der Waals surface area contributed by atoms with E-state index in [1.807, 2.05) is 68.4 Å². The average molecular weight is 388 g/mol. The van der Waals surface area contributed by atoms with Crippen LogP contribution in [0.15, 0.2) is 78.9 Å². The number of hydrogen-bond donors (Lipinski definition) is 2. The molecule has 2 amide bonds. The minimum absolute atomic E-state index is 0.138. The van der Waals surface area contributed by atoms with E-state index < -0.39 is 0 Å². The van der Waals surface area contributed by atoms with Gasteiger partial charge < -0.3 is 15.4 Å². The number of rotatable bonds is 7. The Labute approximate surface area is 170 Å². The minimum Gasteiger partial charge on any atom is -0.483 e. The van der Waals surface area contributed by atoms with Gasteiger partial charge in [0.05, 0.1) is 17.3 Å². The van der Waals surface area contributed by atoms with E-state index in [4.69, 9.17) is 4.74 Å². The molecule has 0 aromatic heterocycles. The number of benzene rings is 3. The molecule has 0 heterocycles. The van der Waals surface area contributed by atoms with Gasteiger partial charge in [-0.3, -0.25) is 9.59 Å². The molecule has 0 radical (unpaired) electrons. The quantitative estimate of drug-likeness (QED) is 0.626. The maximum Gasteiger partial charge on any atom is 0.262 e. The fourth-order valence-electron chi connectivity index (χ4n) is 2.94. The Balaban J connectivity index is 1.64. The topological polar surface area (TPSA) is 67.4 Å². The molecule has 3 rings (SSSR count). The van der Waals surface area contributed by atoms with Gasteiger partial charge in [0.2, 0.25) is 0 Å². The van der Waals surface area contributed by atoms with Crippen molar-refractivity contribution in [1.82, 2.24) is 5.32 Å². The number of anilines is 1. The van der Waals surface area contributed by atoms with E-state index in [0.29, 0.717) is 17.0 Å². The van der Waals surface area contributed by atoms with Crippen molar-refractivity contribution in [3.05, 3.63) is 95.6 Å². The van der Waals surface area contributed by atoms with Gasteiger partial charge in [-0.2, -0.15) is 0 Å². The molecule has 29 heavy (non-hydrogen) atoms. The van der Waals surface area contributed by atoms with Gasteiger partial charge in [-0.1, -0.05) is 60.7 Å². The average Bonchev–Trinajstić information content (AvgIpc) is 2.74. The Morgan fingerprint density at radius 3 is 2.31 bits per heavy atom. The van der Waals surface area contributed by atoms with Crippen molar-refractivity contribution < 1.29 is 14.3 Å². The third-order valence-corrected chi connectivity index (χ3v) is 4.55. The van der Waals surface area contributed by atoms with Gasteiger partial charge in [0.1, 0.15) is 5.75 Å². The van der Waals surface area contributed by atoms with Crippen LogP contribution in [0.3, 0.4) is 0 Å². The molecular weight excluding hydrogens is 364 g/mol.